The SMILES string of the molecule is CC(C)OC(=O)[C@H](C)NP(=O)(OC[C@@H]1C[C@H](C)[C@H](n2ccc(=O)[nH]c2=O)O1)Oc1cccc(C(=O)/C=C/c2ccccc2)c1. The highest BCUT2D eigenvalue weighted by Crippen LogP contribution is 2.46. The molecule has 12 nitrogen and oxygen atoms in total. The van der Waals surface area contributed by atoms with Crippen LogP contribution in [0, 0.1) is 5.92 Å². The van der Waals surface area contributed by atoms with Crippen molar-refractivity contribution in [2.45, 2.75) is 58.6 Å². The Bertz CT molecular complexity index is 1650. The van der Waals surface area contributed by atoms with Crippen LogP contribution in [0.5, 0.6) is 5.75 Å². The first-order valence-electron chi connectivity index (χ1n) is 14.2. The molecule has 2 aromatic carbocycles. The summed E-state index contributed by atoms with van der Waals surface area (Å²) >= 11 is 0. The predicted octanol–water partition coefficient (Wildman–Crippen LogP) is 4.49. The first kappa shape index (κ1) is 32.8. The topological polar surface area (TPSA) is 155 Å². The molecule has 3 aromatic rings. The monoisotopic (exact) mass is 625 g/mol. The van der Waals surface area contributed by atoms with Crippen LogP contribution < -0.4 is 20.9 Å². The fourth-order valence-electron chi connectivity index (χ4n) is 4.57. The average Bonchev–Trinajstić information content (AvgIpc) is 3.35. The molecule has 1 unspecified atom stereocenters. The van der Waals surface area contributed by atoms with E-state index in [-0.39, 0.29) is 29.6 Å². The Balaban J connectivity index is 1.50. The molecule has 1 saturated heterocycles. The number of hydrogen-bond acceptors (Lipinski definition) is 9. The van der Waals surface area contributed by atoms with Gasteiger partial charge in [-0.2, -0.15) is 5.09 Å². The van der Waals surface area contributed by atoms with Gasteiger partial charge < -0.3 is 14.0 Å². The third-order valence-electron chi connectivity index (χ3n) is 6.64. The number of carbonyl (C=O) groups is 2. The molecule has 2 heterocycles. The molecular weight excluding hydrogens is 589 g/mol. The van der Waals surface area contributed by atoms with E-state index in [9.17, 15) is 23.7 Å². The lowest BCUT2D eigenvalue weighted by Crippen LogP contribution is -2.36. The number of hydrogen-bond donors (Lipinski definition) is 2. The van der Waals surface area contributed by atoms with Gasteiger partial charge >= 0.3 is 19.4 Å². The maximum Gasteiger partial charge on any atom is 0.459 e. The van der Waals surface area contributed by atoms with E-state index >= 15 is 0 Å². The number of allylic oxidation sites excluding steroid dienone is 1. The van der Waals surface area contributed by atoms with Crippen LogP contribution in [-0.4, -0.2) is 46.2 Å². The molecule has 1 aromatic heterocycles. The molecule has 0 spiro atoms. The van der Waals surface area contributed by atoms with Crippen LogP contribution in [0.4, 0.5) is 0 Å². The third-order valence-corrected chi connectivity index (χ3v) is 8.28. The molecule has 1 aliphatic heterocycles. The van der Waals surface area contributed by atoms with Crippen molar-refractivity contribution in [3.05, 3.63) is 105 Å². The van der Waals surface area contributed by atoms with Crippen LogP contribution in [0.25, 0.3) is 6.08 Å². The summed E-state index contributed by atoms with van der Waals surface area (Å²) in [6.07, 6.45) is 3.22. The number of H-pyrrole nitrogens is 1. The summed E-state index contributed by atoms with van der Waals surface area (Å²) < 4.78 is 38.1. The molecule has 0 saturated carbocycles. The van der Waals surface area contributed by atoms with Crippen LogP contribution in [0.1, 0.15) is 56.3 Å². The summed E-state index contributed by atoms with van der Waals surface area (Å²) in [5.41, 5.74) is 0.00513. The summed E-state index contributed by atoms with van der Waals surface area (Å²) in [6.45, 7) is 6.50. The molecule has 4 rings (SSSR count). The Kier molecular flexibility index (Phi) is 10.9. The van der Waals surface area contributed by atoms with E-state index in [0.29, 0.717) is 6.42 Å². The molecule has 0 amide bonds. The molecule has 0 bridgehead atoms. The molecule has 2 N–H and O–H groups in total. The molecule has 1 fully saturated rings. The number of aromatic amines is 1. The number of rotatable bonds is 13. The van der Waals surface area contributed by atoms with Crippen LogP contribution in [0.15, 0.2) is 82.5 Å². The van der Waals surface area contributed by atoms with Gasteiger partial charge in [-0.3, -0.25) is 28.5 Å². The summed E-state index contributed by atoms with van der Waals surface area (Å²) in [4.78, 5) is 51.3. The van der Waals surface area contributed by atoms with Crippen molar-refractivity contribution >= 4 is 25.6 Å². The van der Waals surface area contributed by atoms with E-state index < -0.39 is 49.4 Å². The number of carbonyl (C=O) groups excluding carboxylic acids is 2. The molecular formula is C31H36N3O9P. The van der Waals surface area contributed by atoms with Crippen LogP contribution in [-0.2, 0) is 23.4 Å². The molecule has 0 radical (unpaired) electrons. The molecule has 234 valence electrons. The van der Waals surface area contributed by atoms with Gasteiger partial charge in [-0.15, -0.1) is 0 Å². The molecule has 44 heavy (non-hydrogen) atoms. The van der Waals surface area contributed by atoms with Crippen molar-refractivity contribution in [3.63, 3.8) is 0 Å². The van der Waals surface area contributed by atoms with Crippen molar-refractivity contribution in [3.8, 4) is 5.75 Å². The van der Waals surface area contributed by atoms with E-state index in [2.05, 4.69) is 10.1 Å². The zero-order chi connectivity index (χ0) is 31.9. The number of benzene rings is 2. The van der Waals surface area contributed by atoms with Gasteiger partial charge in [0.25, 0.3) is 5.56 Å². The maximum absolute atomic E-state index is 14.0. The van der Waals surface area contributed by atoms with Crippen molar-refractivity contribution in [2.24, 2.45) is 5.92 Å². The fourth-order valence-corrected chi connectivity index (χ4v) is 6.08. The summed E-state index contributed by atoms with van der Waals surface area (Å²) in [5.74, 6) is -1.03. The molecule has 5 atom stereocenters. The summed E-state index contributed by atoms with van der Waals surface area (Å²) in [6, 6.07) is 15.6. The van der Waals surface area contributed by atoms with Gasteiger partial charge in [0.2, 0.25) is 0 Å². The second-order valence-corrected chi connectivity index (χ2v) is 12.4. The van der Waals surface area contributed by atoms with E-state index in [0.717, 1.165) is 5.56 Å². The van der Waals surface area contributed by atoms with Crippen molar-refractivity contribution in [2.75, 3.05) is 6.61 Å². The van der Waals surface area contributed by atoms with Gasteiger partial charge in [-0.05, 0) is 51.0 Å². The second kappa shape index (κ2) is 14.6. The smallest absolute Gasteiger partial charge is 0.459 e. The molecule has 1 aliphatic rings. The lowest BCUT2D eigenvalue weighted by Gasteiger charge is -2.24. The number of esters is 1. The fraction of sp³-hybridized carbons (Fsp3) is 0.355. The standard InChI is InChI=1S/C31H36N3O9P/c1-20(2)41-30(37)22(4)33-44(39,40-19-26-17-21(3)29(42-26)34-16-15-28(36)32-31(34)38)43-25-12-8-11-24(18-25)27(35)14-13-23-9-6-5-7-10-23/h5-16,18,20-22,26,29H,17,19H2,1-4H3,(H,33,39)(H,32,36,38)/b14-13+/t21-,22-,26-,29+,44?/m0/s1. The van der Waals surface area contributed by atoms with Gasteiger partial charge in [0.15, 0.2) is 5.78 Å². The van der Waals surface area contributed by atoms with Crippen molar-refractivity contribution < 1.29 is 32.7 Å². The molecule has 0 aliphatic carbocycles. The Morgan fingerprint density at radius 3 is 2.57 bits per heavy atom. The zero-order valence-corrected chi connectivity index (χ0v) is 25.8. The Morgan fingerprint density at radius 2 is 1.86 bits per heavy atom. The third kappa shape index (κ3) is 8.96. The minimum atomic E-state index is -4.26. The highest BCUT2D eigenvalue weighted by atomic mass is 31.2. The summed E-state index contributed by atoms with van der Waals surface area (Å²) in [5, 5.41) is 2.62. The van der Waals surface area contributed by atoms with Crippen molar-refractivity contribution in [1.82, 2.24) is 14.6 Å². The van der Waals surface area contributed by atoms with Gasteiger partial charge in [0.1, 0.15) is 18.0 Å². The lowest BCUT2D eigenvalue weighted by molar-refractivity contribution is -0.149. The maximum atomic E-state index is 14.0. The van der Waals surface area contributed by atoms with Gasteiger partial charge in [-0.1, -0.05) is 55.5 Å². The largest absolute Gasteiger partial charge is 0.462 e. The molecule has 13 heteroatoms. The average molecular weight is 626 g/mol. The van der Waals surface area contributed by atoms with E-state index in [4.69, 9.17) is 18.5 Å². The first-order valence-corrected chi connectivity index (χ1v) is 15.7. The minimum absolute atomic E-state index is 0.0719. The predicted molar refractivity (Wildman–Crippen MR) is 163 cm³/mol. The number of nitrogens with zero attached hydrogens (tertiary/aromatic N) is 1. The number of ether oxygens (including phenoxy) is 2. The van der Waals surface area contributed by atoms with Gasteiger partial charge in [-0.25, -0.2) is 9.36 Å². The van der Waals surface area contributed by atoms with E-state index in [1.807, 2.05) is 37.3 Å². The highest BCUT2D eigenvalue weighted by Gasteiger charge is 2.38. The second-order valence-electron chi connectivity index (χ2n) is 10.7. The Hall–Kier alpha value is -4.09. The van der Waals surface area contributed by atoms with Crippen molar-refractivity contribution in [1.29, 1.82) is 0 Å². The number of nitrogens with one attached hydrogen (secondary N) is 2. The first-order chi connectivity index (χ1) is 20.9. The quantitative estimate of drug-likeness (QED) is 0.120. The zero-order valence-electron chi connectivity index (χ0n) is 24.9. The van der Waals surface area contributed by atoms with Gasteiger partial charge in [0, 0.05) is 23.7 Å². The normalized spacial score (nSPS) is 20.3. The Morgan fingerprint density at radius 1 is 1.11 bits per heavy atom. The van der Waals surface area contributed by atoms with Gasteiger partial charge in [0.05, 0.1) is 18.8 Å². The van der Waals surface area contributed by atoms with Crippen LogP contribution >= 0.6 is 7.75 Å². The van der Waals surface area contributed by atoms with Crippen LogP contribution in [0.3, 0.4) is 0 Å². The van der Waals surface area contributed by atoms with E-state index in [1.165, 1.54) is 42.0 Å². The van der Waals surface area contributed by atoms with Crippen LogP contribution in [0.2, 0.25) is 0 Å². The number of aromatic nitrogens is 2. The Labute approximate surface area is 254 Å². The minimum Gasteiger partial charge on any atom is -0.462 e. The lowest BCUT2D eigenvalue weighted by atomic mass is 10.1. The summed E-state index contributed by atoms with van der Waals surface area (Å²) in [7, 11) is -4.26. The van der Waals surface area contributed by atoms with E-state index in [1.54, 1.807) is 32.1 Å². The number of ketones is 1. The highest BCUT2D eigenvalue weighted by molar-refractivity contribution is 7.52.